The first-order valence-electron chi connectivity index (χ1n) is 11.3. The molecule has 0 atom stereocenters. The van der Waals surface area contributed by atoms with Crippen molar-refractivity contribution in [3.63, 3.8) is 0 Å². The molecule has 1 fully saturated rings. The molecule has 1 aliphatic carbocycles. The zero-order valence-corrected chi connectivity index (χ0v) is 19.7. The number of aromatic nitrogens is 2. The fraction of sp³-hybridized carbons (Fsp3) is 0.320. The van der Waals surface area contributed by atoms with Gasteiger partial charge >= 0.3 is 12.3 Å². The molecule has 36 heavy (non-hydrogen) atoms. The molecule has 1 aliphatic rings. The first kappa shape index (κ1) is 25.1. The molecule has 0 amide bonds. The molecular formula is C25H25F3N4O4. The standard InChI is InChI=1S/C25H25F3N4O4/c1-34-21-13-17(10-11-19(21)23(33)35-2)29-22-14-20(31-24(32-22)30-16-7-3-4-8-16)15-6-5-9-18(12-15)36-25(26,27)28/h5-6,9-14,16H,3-4,7-8H2,1-2H3,(H2,29,30,31,32). The first-order chi connectivity index (χ1) is 17.2. The molecule has 0 unspecified atom stereocenters. The molecule has 1 aromatic heterocycles. The van der Waals surface area contributed by atoms with Crippen molar-refractivity contribution in [2.75, 3.05) is 24.9 Å². The minimum atomic E-state index is -4.80. The summed E-state index contributed by atoms with van der Waals surface area (Å²) in [5.74, 6) is 0.174. The van der Waals surface area contributed by atoms with E-state index in [4.69, 9.17) is 9.47 Å². The van der Waals surface area contributed by atoms with Gasteiger partial charge in [-0.2, -0.15) is 4.98 Å². The van der Waals surface area contributed by atoms with Crippen LogP contribution in [0.1, 0.15) is 36.0 Å². The van der Waals surface area contributed by atoms with Crippen LogP contribution in [0.2, 0.25) is 0 Å². The normalized spacial score (nSPS) is 13.8. The molecule has 0 saturated heterocycles. The second-order valence-electron chi connectivity index (χ2n) is 8.20. The van der Waals surface area contributed by atoms with Crippen LogP contribution >= 0.6 is 0 Å². The molecule has 11 heteroatoms. The predicted molar refractivity (Wildman–Crippen MR) is 128 cm³/mol. The Balaban J connectivity index is 1.68. The minimum absolute atomic E-state index is 0.215. The minimum Gasteiger partial charge on any atom is -0.496 e. The summed E-state index contributed by atoms with van der Waals surface area (Å²) in [5.41, 5.74) is 1.66. The van der Waals surface area contributed by atoms with Crippen LogP contribution in [0.4, 0.5) is 30.6 Å². The average Bonchev–Trinajstić information content (AvgIpc) is 3.35. The van der Waals surface area contributed by atoms with E-state index in [2.05, 4.69) is 25.3 Å². The number of nitrogens with one attached hydrogen (secondary N) is 2. The van der Waals surface area contributed by atoms with E-state index in [1.807, 2.05) is 0 Å². The Hall–Kier alpha value is -4.02. The Kier molecular flexibility index (Phi) is 7.47. The largest absolute Gasteiger partial charge is 0.573 e. The van der Waals surface area contributed by atoms with E-state index >= 15 is 0 Å². The quantitative estimate of drug-likeness (QED) is 0.366. The van der Waals surface area contributed by atoms with Crippen molar-refractivity contribution in [2.45, 2.75) is 38.1 Å². The molecule has 8 nitrogen and oxygen atoms in total. The van der Waals surface area contributed by atoms with E-state index < -0.39 is 12.3 Å². The number of methoxy groups -OCH3 is 2. The van der Waals surface area contributed by atoms with Gasteiger partial charge < -0.3 is 24.8 Å². The number of rotatable bonds is 8. The maximum atomic E-state index is 12.7. The number of benzene rings is 2. The summed E-state index contributed by atoms with van der Waals surface area (Å²) in [6, 6.07) is 12.3. The molecule has 0 bridgehead atoms. The van der Waals surface area contributed by atoms with Gasteiger partial charge in [0.1, 0.15) is 22.9 Å². The maximum Gasteiger partial charge on any atom is 0.573 e. The number of alkyl halides is 3. The Morgan fingerprint density at radius 3 is 2.50 bits per heavy atom. The summed E-state index contributed by atoms with van der Waals surface area (Å²) < 4.78 is 52.3. The number of hydrogen-bond donors (Lipinski definition) is 2. The van der Waals surface area contributed by atoms with E-state index in [9.17, 15) is 18.0 Å². The monoisotopic (exact) mass is 502 g/mol. The lowest BCUT2D eigenvalue weighted by molar-refractivity contribution is -0.274. The van der Waals surface area contributed by atoms with Crippen LogP contribution in [-0.2, 0) is 4.74 Å². The summed E-state index contributed by atoms with van der Waals surface area (Å²) in [6.07, 6.45) is -0.631. The maximum absolute atomic E-state index is 12.7. The van der Waals surface area contributed by atoms with Gasteiger partial charge in [-0.05, 0) is 37.1 Å². The van der Waals surface area contributed by atoms with E-state index in [1.165, 1.54) is 32.4 Å². The molecule has 2 N–H and O–H groups in total. The number of nitrogens with zero attached hydrogens (tertiary/aromatic N) is 2. The third kappa shape index (κ3) is 6.35. The lowest BCUT2D eigenvalue weighted by atomic mass is 10.1. The van der Waals surface area contributed by atoms with Crippen molar-refractivity contribution in [3.05, 3.63) is 54.1 Å². The summed E-state index contributed by atoms with van der Waals surface area (Å²) in [6.45, 7) is 0. The predicted octanol–water partition coefficient (Wildman–Crippen LogP) is 5.94. The van der Waals surface area contributed by atoms with Crippen LogP contribution in [0.5, 0.6) is 11.5 Å². The highest BCUT2D eigenvalue weighted by molar-refractivity contribution is 5.93. The van der Waals surface area contributed by atoms with E-state index in [-0.39, 0.29) is 17.4 Å². The molecule has 0 spiro atoms. The third-order valence-corrected chi connectivity index (χ3v) is 5.66. The number of esters is 1. The summed E-state index contributed by atoms with van der Waals surface area (Å²) >= 11 is 0. The molecule has 190 valence electrons. The van der Waals surface area contributed by atoms with Crippen LogP contribution in [0, 0.1) is 0 Å². The summed E-state index contributed by atoms with van der Waals surface area (Å²) in [4.78, 5) is 21.1. The second kappa shape index (κ2) is 10.7. The van der Waals surface area contributed by atoms with Crippen molar-refractivity contribution in [3.8, 4) is 22.8 Å². The Bertz CT molecular complexity index is 1230. The SMILES string of the molecule is COC(=O)c1ccc(Nc2cc(-c3cccc(OC(F)(F)F)c3)nc(NC3CCCC3)n2)cc1OC. The molecule has 1 saturated carbocycles. The van der Waals surface area contributed by atoms with Gasteiger partial charge in [-0.1, -0.05) is 25.0 Å². The van der Waals surface area contributed by atoms with Crippen LogP contribution < -0.4 is 20.1 Å². The Morgan fingerprint density at radius 1 is 1.03 bits per heavy atom. The summed E-state index contributed by atoms with van der Waals surface area (Å²) in [5, 5.41) is 6.48. The number of ether oxygens (including phenoxy) is 3. The molecule has 0 aliphatic heterocycles. The van der Waals surface area contributed by atoms with Crippen molar-refractivity contribution in [1.29, 1.82) is 0 Å². The smallest absolute Gasteiger partial charge is 0.496 e. The molecule has 0 radical (unpaired) electrons. The van der Waals surface area contributed by atoms with Crippen molar-refractivity contribution in [1.82, 2.24) is 9.97 Å². The van der Waals surface area contributed by atoms with E-state index in [0.29, 0.717) is 34.5 Å². The van der Waals surface area contributed by atoms with Crippen LogP contribution in [-0.4, -0.2) is 42.6 Å². The number of anilines is 3. The van der Waals surface area contributed by atoms with Crippen molar-refractivity contribution in [2.24, 2.45) is 0 Å². The van der Waals surface area contributed by atoms with Gasteiger partial charge in [-0.3, -0.25) is 0 Å². The van der Waals surface area contributed by atoms with Gasteiger partial charge in [-0.25, -0.2) is 9.78 Å². The third-order valence-electron chi connectivity index (χ3n) is 5.66. The van der Waals surface area contributed by atoms with E-state index in [1.54, 1.807) is 30.3 Å². The summed E-state index contributed by atoms with van der Waals surface area (Å²) in [7, 11) is 2.72. The molecule has 2 aromatic carbocycles. The molecule has 4 rings (SSSR count). The number of halogens is 3. The Labute approximate surface area is 205 Å². The zero-order valence-electron chi connectivity index (χ0n) is 19.7. The zero-order chi connectivity index (χ0) is 25.7. The first-order valence-corrected chi connectivity index (χ1v) is 11.3. The van der Waals surface area contributed by atoms with Gasteiger partial charge in [-0.15, -0.1) is 13.2 Å². The molecule has 1 heterocycles. The van der Waals surface area contributed by atoms with Gasteiger partial charge in [0, 0.05) is 29.4 Å². The van der Waals surface area contributed by atoms with Crippen LogP contribution in [0.25, 0.3) is 11.3 Å². The van der Waals surface area contributed by atoms with Crippen molar-refractivity contribution >= 4 is 23.4 Å². The van der Waals surface area contributed by atoms with E-state index in [0.717, 1.165) is 25.7 Å². The molecule has 3 aromatic rings. The fourth-order valence-corrected chi connectivity index (χ4v) is 4.02. The number of carbonyl (C=O) groups is 1. The number of carbonyl (C=O) groups excluding carboxylic acids is 1. The second-order valence-corrected chi connectivity index (χ2v) is 8.20. The lowest BCUT2D eigenvalue weighted by Gasteiger charge is -2.16. The van der Waals surface area contributed by atoms with Gasteiger partial charge in [0.15, 0.2) is 0 Å². The fourth-order valence-electron chi connectivity index (χ4n) is 4.02. The van der Waals surface area contributed by atoms with Gasteiger partial charge in [0.25, 0.3) is 0 Å². The van der Waals surface area contributed by atoms with Crippen LogP contribution in [0.15, 0.2) is 48.5 Å². The lowest BCUT2D eigenvalue weighted by Crippen LogP contribution is -2.17. The van der Waals surface area contributed by atoms with Crippen LogP contribution in [0.3, 0.4) is 0 Å². The average molecular weight is 502 g/mol. The number of hydrogen-bond acceptors (Lipinski definition) is 8. The molecular weight excluding hydrogens is 477 g/mol. The highest BCUT2D eigenvalue weighted by atomic mass is 19.4. The highest BCUT2D eigenvalue weighted by Crippen LogP contribution is 2.31. The van der Waals surface area contributed by atoms with Gasteiger partial charge in [0.2, 0.25) is 5.95 Å². The Morgan fingerprint density at radius 2 is 1.81 bits per heavy atom. The van der Waals surface area contributed by atoms with Gasteiger partial charge in [0.05, 0.1) is 19.9 Å². The highest BCUT2D eigenvalue weighted by Gasteiger charge is 2.31. The van der Waals surface area contributed by atoms with Crippen molar-refractivity contribution < 1.29 is 32.2 Å². The topological polar surface area (TPSA) is 94.6 Å².